The van der Waals surface area contributed by atoms with Crippen LogP contribution in [0, 0.1) is 0 Å². The van der Waals surface area contributed by atoms with Crippen molar-refractivity contribution in [3.05, 3.63) is 30.3 Å². The van der Waals surface area contributed by atoms with Crippen molar-refractivity contribution in [1.82, 2.24) is 4.90 Å². The molecule has 1 amide bonds. The van der Waals surface area contributed by atoms with E-state index >= 15 is 0 Å². The Hall–Kier alpha value is -2.24. The Balaban J connectivity index is 2.11. The Kier molecular flexibility index (Phi) is 4.30. The molecule has 1 aliphatic rings. The average Bonchev–Trinajstić information content (AvgIpc) is 2.84. The molecule has 1 aromatic carbocycles. The van der Waals surface area contributed by atoms with Gasteiger partial charge in [0.1, 0.15) is 5.60 Å². The molecule has 22 heavy (non-hydrogen) atoms. The van der Waals surface area contributed by atoms with Crippen molar-refractivity contribution in [2.75, 3.05) is 18.4 Å². The van der Waals surface area contributed by atoms with Gasteiger partial charge in [-0.25, -0.2) is 9.59 Å². The lowest BCUT2D eigenvalue weighted by Crippen LogP contribution is -2.49. The van der Waals surface area contributed by atoms with Crippen LogP contribution < -0.4 is 5.32 Å². The van der Waals surface area contributed by atoms with Crippen molar-refractivity contribution in [2.45, 2.75) is 38.3 Å². The molecule has 1 aromatic rings. The second-order valence-electron chi connectivity index (χ2n) is 6.53. The van der Waals surface area contributed by atoms with E-state index in [4.69, 9.17) is 4.74 Å². The standard InChI is InChI=1S/C16H22N2O4/c1-15(2,3)22-14(21)18-10-9-16(11-18,13(19)20)17-12-7-5-4-6-8-12/h4-8,17H,9-11H2,1-3H3,(H,19,20). The predicted molar refractivity (Wildman–Crippen MR) is 82.9 cm³/mol. The van der Waals surface area contributed by atoms with Gasteiger partial charge in [0.15, 0.2) is 5.54 Å². The first kappa shape index (κ1) is 16.1. The van der Waals surface area contributed by atoms with Crippen LogP contribution in [0.15, 0.2) is 30.3 Å². The highest BCUT2D eigenvalue weighted by Gasteiger charge is 2.47. The molecule has 6 heteroatoms. The van der Waals surface area contributed by atoms with Crippen molar-refractivity contribution >= 4 is 17.7 Å². The minimum atomic E-state index is -1.18. The number of nitrogens with zero attached hydrogens (tertiary/aromatic N) is 1. The van der Waals surface area contributed by atoms with E-state index in [1.54, 1.807) is 32.9 Å². The van der Waals surface area contributed by atoms with Crippen LogP contribution in [-0.2, 0) is 9.53 Å². The van der Waals surface area contributed by atoms with Crippen LogP contribution in [0.25, 0.3) is 0 Å². The summed E-state index contributed by atoms with van der Waals surface area (Å²) in [6, 6.07) is 9.14. The van der Waals surface area contributed by atoms with Gasteiger partial charge in [-0.05, 0) is 32.9 Å². The molecular weight excluding hydrogens is 284 g/mol. The number of aliphatic carboxylic acids is 1. The van der Waals surface area contributed by atoms with E-state index < -0.39 is 23.2 Å². The van der Waals surface area contributed by atoms with Crippen LogP contribution in [0.2, 0.25) is 0 Å². The molecule has 0 bridgehead atoms. The Labute approximate surface area is 130 Å². The highest BCUT2D eigenvalue weighted by Crippen LogP contribution is 2.28. The van der Waals surface area contributed by atoms with E-state index in [1.165, 1.54) is 4.90 Å². The fraction of sp³-hybridized carbons (Fsp3) is 0.500. The van der Waals surface area contributed by atoms with Crippen molar-refractivity contribution < 1.29 is 19.4 Å². The largest absolute Gasteiger partial charge is 0.479 e. The van der Waals surface area contributed by atoms with Crippen molar-refractivity contribution in [2.24, 2.45) is 0 Å². The molecule has 2 rings (SSSR count). The van der Waals surface area contributed by atoms with Gasteiger partial charge in [0.2, 0.25) is 0 Å². The average molecular weight is 306 g/mol. The minimum Gasteiger partial charge on any atom is -0.479 e. The van der Waals surface area contributed by atoms with Crippen molar-refractivity contribution in [3.63, 3.8) is 0 Å². The number of carbonyl (C=O) groups is 2. The third-order valence-corrected chi connectivity index (χ3v) is 3.49. The lowest BCUT2D eigenvalue weighted by Gasteiger charge is -2.28. The lowest BCUT2D eigenvalue weighted by atomic mass is 9.98. The van der Waals surface area contributed by atoms with E-state index in [0.717, 1.165) is 5.69 Å². The van der Waals surface area contributed by atoms with Crippen LogP contribution >= 0.6 is 0 Å². The second kappa shape index (κ2) is 5.87. The van der Waals surface area contributed by atoms with Gasteiger partial charge in [-0.2, -0.15) is 0 Å². The van der Waals surface area contributed by atoms with Gasteiger partial charge >= 0.3 is 12.1 Å². The van der Waals surface area contributed by atoms with Gasteiger partial charge in [-0.3, -0.25) is 0 Å². The summed E-state index contributed by atoms with van der Waals surface area (Å²) >= 11 is 0. The number of carboxylic acids is 1. The highest BCUT2D eigenvalue weighted by atomic mass is 16.6. The summed E-state index contributed by atoms with van der Waals surface area (Å²) < 4.78 is 5.31. The first-order valence-corrected chi connectivity index (χ1v) is 7.26. The molecular formula is C16H22N2O4. The van der Waals surface area contributed by atoms with Gasteiger partial charge in [0.05, 0.1) is 6.54 Å². The SMILES string of the molecule is CC(C)(C)OC(=O)N1CCC(Nc2ccccc2)(C(=O)O)C1. The molecule has 1 fully saturated rings. The number of likely N-dealkylation sites (tertiary alicyclic amines) is 1. The maximum atomic E-state index is 12.1. The number of para-hydroxylation sites is 1. The number of ether oxygens (including phenoxy) is 1. The first-order chi connectivity index (χ1) is 10.2. The topological polar surface area (TPSA) is 78.9 Å². The monoisotopic (exact) mass is 306 g/mol. The van der Waals surface area contributed by atoms with Crippen molar-refractivity contribution in [3.8, 4) is 0 Å². The first-order valence-electron chi connectivity index (χ1n) is 7.26. The Morgan fingerprint density at radius 1 is 1.27 bits per heavy atom. The number of anilines is 1. The Morgan fingerprint density at radius 3 is 2.45 bits per heavy atom. The van der Waals surface area contributed by atoms with E-state index in [9.17, 15) is 14.7 Å². The maximum absolute atomic E-state index is 12.1. The second-order valence-corrected chi connectivity index (χ2v) is 6.53. The lowest BCUT2D eigenvalue weighted by molar-refractivity contribution is -0.141. The summed E-state index contributed by atoms with van der Waals surface area (Å²) in [6.07, 6.45) is -0.151. The van der Waals surface area contributed by atoms with Crippen molar-refractivity contribution in [1.29, 1.82) is 0 Å². The van der Waals surface area contributed by atoms with E-state index in [0.29, 0.717) is 13.0 Å². The number of hydrogen-bond acceptors (Lipinski definition) is 4. The van der Waals surface area contributed by atoms with Crippen LogP contribution in [0.5, 0.6) is 0 Å². The fourth-order valence-electron chi connectivity index (χ4n) is 2.42. The molecule has 0 aliphatic carbocycles. The summed E-state index contributed by atoms with van der Waals surface area (Å²) in [7, 11) is 0. The summed E-state index contributed by atoms with van der Waals surface area (Å²) in [4.78, 5) is 25.3. The number of carboxylic acid groups (broad SMARTS) is 1. The van der Waals surface area contributed by atoms with Crippen LogP contribution in [-0.4, -0.2) is 46.3 Å². The fourth-order valence-corrected chi connectivity index (χ4v) is 2.42. The zero-order valence-electron chi connectivity index (χ0n) is 13.1. The van der Waals surface area contributed by atoms with Gasteiger partial charge < -0.3 is 20.1 Å². The minimum absolute atomic E-state index is 0.0755. The van der Waals surface area contributed by atoms with Gasteiger partial charge in [0, 0.05) is 18.7 Å². The number of benzene rings is 1. The number of carbonyl (C=O) groups excluding carboxylic acids is 1. The summed E-state index contributed by atoms with van der Waals surface area (Å²) in [5, 5.41) is 12.7. The third-order valence-electron chi connectivity index (χ3n) is 3.49. The van der Waals surface area contributed by atoms with Gasteiger partial charge in [-0.1, -0.05) is 18.2 Å². The molecule has 120 valence electrons. The zero-order chi connectivity index (χ0) is 16.4. The molecule has 2 N–H and O–H groups in total. The summed E-state index contributed by atoms with van der Waals surface area (Å²) in [5.41, 5.74) is -1.06. The maximum Gasteiger partial charge on any atom is 0.410 e. The Morgan fingerprint density at radius 2 is 1.91 bits per heavy atom. The third kappa shape index (κ3) is 3.69. The van der Waals surface area contributed by atoms with E-state index in [1.807, 2.05) is 18.2 Å². The smallest absolute Gasteiger partial charge is 0.410 e. The molecule has 0 radical (unpaired) electrons. The highest BCUT2D eigenvalue weighted by molar-refractivity contribution is 5.85. The van der Waals surface area contributed by atoms with Crippen LogP contribution in [0.3, 0.4) is 0 Å². The molecule has 1 unspecified atom stereocenters. The van der Waals surface area contributed by atoms with Crippen LogP contribution in [0.1, 0.15) is 27.2 Å². The number of nitrogens with one attached hydrogen (secondary N) is 1. The normalized spacial score (nSPS) is 21.5. The molecule has 1 atom stereocenters. The summed E-state index contributed by atoms with van der Waals surface area (Å²) in [5.74, 6) is -0.970. The molecule has 0 saturated carbocycles. The zero-order valence-corrected chi connectivity index (χ0v) is 13.1. The molecule has 0 aromatic heterocycles. The summed E-state index contributed by atoms with van der Waals surface area (Å²) in [6.45, 7) is 5.78. The molecule has 1 aliphatic heterocycles. The predicted octanol–water partition coefficient (Wildman–Crippen LogP) is 2.56. The molecule has 1 heterocycles. The number of rotatable bonds is 3. The van der Waals surface area contributed by atoms with Crippen LogP contribution in [0.4, 0.5) is 10.5 Å². The molecule has 0 spiro atoms. The number of hydrogen-bond donors (Lipinski definition) is 2. The molecule has 6 nitrogen and oxygen atoms in total. The van der Waals surface area contributed by atoms with Gasteiger partial charge in [0.25, 0.3) is 0 Å². The Bertz CT molecular complexity index is 553. The van der Waals surface area contributed by atoms with E-state index in [-0.39, 0.29) is 6.54 Å². The van der Waals surface area contributed by atoms with Gasteiger partial charge in [-0.15, -0.1) is 0 Å². The van der Waals surface area contributed by atoms with E-state index in [2.05, 4.69) is 5.32 Å². The molecule has 1 saturated heterocycles. The quantitative estimate of drug-likeness (QED) is 0.897. The number of amides is 1.